The predicted octanol–water partition coefficient (Wildman–Crippen LogP) is 4.22. The molecule has 1 saturated heterocycles. The second-order valence-corrected chi connectivity index (χ2v) is 10.4. The lowest BCUT2D eigenvalue weighted by Crippen LogP contribution is -2.41. The summed E-state index contributed by atoms with van der Waals surface area (Å²) in [6, 6.07) is 6.46. The van der Waals surface area contributed by atoms with Crippen molar-refractivity contribution in [3.05, 3.63) is 58.3 Å². The van der Waals surface area contributed by atoms with E-state index in [-0.39, 0.29) is 11.5 Å². The SMILES string of the molecule is Cc1cc(C)c(S(=O)(=O)N2CCCC2C(=O)OCc2csc(-c3ccco3)n2)c(C)c1. The molecule has 0 amide bonds. The zero-order valence-corrected chi connectivity index (χ0v) is 19.3. The van der Waals surface area contributed by atoms with Crippen molar-refractivity contribution in [3.63, 3.8) is 0 Å². The van der Waals surface area contributed by atoms with Gasteiger partial charge in [0.05, 0.1) is 16.9 Å². The smallest absolute Gasteiger partial charge is 0.324 e. The maximum atomic E-state index is 13.4. The van der Waals surface area contributed by atoms with Gasteiger partial charge in [0.15, 0.2) is 10.8 Å². The van der Waals surface area contributed by atoms with E-state index in [1.165, 1.54) is 15.6 Å². The lowest BCUT2D eigenvalue weighted by molar-refractivity contribution is -0.148. The second kappa shape index (κ2) is 8.57. The standard InChI is InChI=1S/C22H24N2O5S2/c1-14-10-15(2)20(16(3)11-14)31(26,27)24-8-4-6-18(24)22(25)29-12-17-13-30-21(23-17)19-7-5-9-28-19/h5,7,9-11,13,18H,4,6,8,12H2,1-3H3. The summed E-state index contributed by atoms with van der Waals surface area (Å²) in [5.74, 6) is 0.107. The van der Waals surface area contributed by atoms with Crippen LogP contribution in [0.1, 0.15) is 35.2 Å². The summed E-state index contributed by atoms with van der Waals surface area (Å²) < 4.78 is 38.9. The minimum Gasteiger partial charge on any atom is -0.462 e. The Balaban J connectivity index is 1.49. The van der Waals surface area contributed by atoms with Crippen LogP contribution in [0.15, 0.2) is 45.2 Å². The molecule has 0 radical (unpaired) electrons. The van der Waals surface area contributed by atoms with Crippen molar-refractivity contribution in [2.24, 2.45) is 0 Å². The fourth-order valence-corrected chi connectivity index (χ4v) is 6.92. The van der Waals surface area contributed by atoms with Gasteiger partial charge in [0.1, 0.15) is 12.6 Å². The first-order chi connectivity index (χ1) is 14.8. The van der Waals surface area contributed by atoms with Crippen LogP contribution in [0.4, 0.5) is 0 Å². The van der Waals surface area contributed by atoms with Crippen LogP contribution in [0.3, 0.4) is 0 Å². The topological polar surface area (TPSA) is 89.7 Å². The lowest BCUT2D eigenvalue weighted by Gasteiger charge is -2.24. The number of sulfonamides is 1. The summed E-state index contributed by atoms with van der Waals surface area (Å²) in [7, 11) is -3.81. The average Bonchev–Trinajstić information content (AvgIpc) is 3.46. The van der Waals surface area contributed by atoms with Crippen molar-refractivity contribution in [3.8, 4) is 10.8 Å². The van der Waals surface area contributed by atoms with Gasteiger partial charge in [0, 0.05) is 11.9 Å². The molecule has 31 heavy (non-hydrogen) atoms. The van der Waals surface area contributed by atoms with Gasteiger partial charge >= 0.3 is 5.97 Å². The number of rotatable bonds is 6. The summed E-state index contributed by atoms with van der Waals surface area (Å²) >= 11 is 1.40. The zero-order valence-electron chi connectivity index (χ0n) is 17.6. The van der Waals surface area contributed by atoms with Crippen molar-refractivity contribution in [2.45, 2.75) is 51.2 Å². The van der Waals surface area contributed by atoms with Gasteiger partial charge in [-0.25, -0.2) is 13.4 Å². The molecular formula is C22H24N2O5S2. The summed E-state index contributed by atoms with van der Waals surface area (Å²) in [5.41, 5.74) is 2.97. The highest BCUT2D eigenvalue weighted by Gasteiger charge is 2.41. The van der Waals surface area contributed by atoms with E-state index < -0.39 is 22.0 Å². The predicted molar refractivity (Wildman–Crippen MR) is 117 cm³/mol. The minimum absolute atomic E-state index is 0.0109. The number of esters is 1. The third kappa shape index (κ3) is 4.30. The fourth-order valence-electron chi connectivity index (χ4n) is 4.08. The highest BCUT2D eigenvalue weighted by atomic mass is 32.2. The first-order valence-electron chi connectivity index (χ1n) is 10.0. The van der Waals surface area contributed by atoms with Gasteiger partial charge < -0.3 is 9.15 Å². The third-order valence-corrected chi connectivity index (χ3v) is 8.41. The Labute approximate surface area is 185 Å². The highest BCUT2D eigenvalue weighted by molar-refractivity contribution is 7.89. The molecule has 4 rings (SSSR count). The Morgan fingerprint density at radius 1 is 1.29 bits per heavy atom. The number of carbonyl (C=O) groups is 1. The molecule has 0 saturated carbocycles. The zero-order chi connectivity index (χ0) is 22.2. The molecule has 1 unspecified atom stereocenters. The number of furan rings is 1. The first kappa shape index (κ1) is 21.7. The summed E-state index contributed by atoms with van der Waals surface area (Å²) in [5, 5.41) is 2.50. The molecule has 1 aliphatic heterocycles. The molecule has 0 bridgehead atoms. The molecule has 1 aromatic carbocycles. The first-order valence-corrected chi connectivity index (χ1v) is 12.3. The summed E-state index contributed by atoms with van der Waals surface area (Å²) in [6.07, 6.45) is 2.63. The van der Waals surface area contributed by atoms with E-state index in [4.69, 9.17) is 9.15 Å². The van der Waals surface area contributed by atoms with Gasteiger partial charge in [-0.05, 0) is 56.9 Å². The monoisotopic (exact) mass is 460 g/mol. The Kier molecular flexibility index (Phi) is 6.00. The van der Waals surface area contributed by atoms with Crippen molar-refractivity contribution < 1.29 is 22.4 Å². The van der Waals surface area contributed by atoms with Crippen LogP contribution in [0.5, 0.6) is 0 Å². The van der Waals surface area contributed by atoms with Crippen LogP contribution in [-0.2, 0) is 26.2 Å². The van der Waals surface area contributed by atoms with Gasteiger partial charge in [-0.3, -0.25) is 4.79 Å². The second-order valence-electron chi connectivity index (χ2n) is 7.73. The Morgan fingerprint density at radius 2 is 2.03 bits per heavy atom. The molecule has 3 aromatic rings. The molecular weight excluding hydrogens is 436 g/mol. The lowest BCUT2D eigenvalue weighted by atomic mass is 10.1. The van der Waals surface area contributed by atoms with Crippen molar-refractivity contribution in [1.82, 2.24) is 9.29 Å². The van der Waals surface area contributed by atoms with Crippen LogP contribution in [-0.4, -0.2) is 36.3 Å². The molecule has 1 fully saturated rings. The number of benzene rings is 1. The van der Waals surface area contributed by atoms with Crippen LogP contribution in [0.2, 0.25) is 0 Å². The van der Waals surface area contributed by atoms with E-state index in [9.17, 15) is 13.2 Å². The van der Waals surface area contributed by atoms with Crippen molar-refractivity contribution >= 4 is 27.3 Å². The molecule has 0 aliphatic carbocycles. The van der Waals surface area contributed by atoms with Gasteiger partial charge in [-0.1, -0.05) is 17.7 Å². The molecule has 1 aliphatic rings. The molecule has 1 atom stereocenters. The maximum absolute atomic E-state index is 13.4. The average molecular weight is 461 g/mol. The quantitative estimate of drug-likeness (QED) is 0.512. The number of thiazole rings is 1. The van der Waals surface area contributed by atoms with Crippen LogP contribution >= 0.6 is 11.3 Å². The van der Waals surface area contributed by atoms with Gasteiger partial charge in [0.2, 0.25) is 10.0 Å². The summed E-state index contributed by atoms with van der Waals surface area (Å²) in [6.45, 7) is 5.80. The van der Waals surface area contributed by atoms with E-state index in [0.717, 1.165) is 5.56 Å². The molecule has 7 nitrogen and oxygen atoms in total. The molecule has 3 heterocycles. The minimum atomic E-state index is -3.81. The van der Waals surface area contributed by atoms with E-state index in [1.54, 1.807) is 31.6 Å². The van der Waals surface area contributed by atoms with Gasteiger partial charge in [0.25, 0.3) is 0 Å². The number of ether oxygens (including phenoxy) is 1. The number of hydrogen-bond acceptors (Lipinski definition) is 7. The number of aryl methyl sites for hydroxylation is 3. The number of nitrogens with zero attached hydrogens (tertiary/aromatic N) is 2. The third-order valence-electron chi connectivity index (χ3n) is 5.29. The number of carbonyl (C=O) groups excluding carboxylic acids is 1. The molecule has 2 aromatic heterocycles. The molecule has 0 N–H and O–H groups in total. The van der Waals surface area contributed by atoms with Crippen molar-refractivity contribution in [1.29, 1.82) is 0 Å². The van der Waals surface area contributed by atoms with Crippen LogP contribution in [0, 0.1) is 20.8 Å². The van der Waals surface area contributed by atoms with Crippen LogP contribution in [0.25, 0.3) is 10.8 Å². The number of hydrogen-bond donors (Lipinski definition) is 0. The Morgan fingerprint density at radius 3 is 2.71 bits per heavy atom. The van der Waals surface area contributed by atoms with Crippen LogP contribution < -0.4 is 0 Å². The largest absolute Gasteiger partial charge is 0.462 e. The van der Waals surface area contributed by atoms with E-state index in [1.807, 2.05) is 25.1 Å². The maximum Gasteiger partial charge on any atom is 0.324 e. The molecule has 0 spiro atoms. The summed E-state index contributed by atoms with van der Waals surface area (Å²) in [4.78, 5) is 17.5. The number of aromatic nitrogens is 1. The highest BCUT2D eigenvalue weighted by Crippen LogP contribution is 2.31. The van der Waals surface area contributed by atoms with E-state index >= 15 is 0 Å². The Bertz CT molecular complexity index is 1180. The molecule has 9 heteroatoms. The van der Waals surface area contributed by atoms with Crippen molar-refractivity contribution in [2.75, 3.05) is 6.54 Å². The van der Waals surface area contributed by atoms with E-state index in [0.29, 0.717) is 47.0 Å². The van der Waals surface area contributed by atoms with Gasteiger partial charge in [-0.2, -0.15) is 4.31 Å². The fraction of sp³-hybridized carbons (Fsp3) is 0.364. The van der Waals surface area contributed by atoms with Gasteiger partial charge in [-0.15, -0.1) is 11.3 Å². The molecule has 164 valence electrons. The Hall–Kier alpha value is -2.49. The normalized spacial score (nSPS) is 17.2. The van der Waals surface area contributed by atoms with E-state index in [2.05, 4.69) is 4.98 Å².